The lowest BCUT2D eigenvalue weighted by Crippen LogP contribution is -2.31. The first-order valence-electron chi connectivity index (χ1n) is 4.56. The maximum Gasteiger partial charge on any atom is 0.325 e. The number of carbonyl (C=O) groups excluding carboxylic acids is 2. The molecule has 0 fully saturated rings. The zero-order valence-electron chi connectivity index (χ0n) is 8.57. The number of nitrogens with one attached hydrogen (secondary N) is 1. The van der Waals surface area contributed by atoms with Gasteiger partial charge in [-0.25, -0.2) is 0 Å². The van der Waals surface area contributed by atoms with Crippen LogP contribution in [0.3, 0.4) is 0 Å². The molecule has 6 nitrogen and oxygen atoms in total. The molecular weight excluding hydrogens is 234 g/mol. The number of carbonyl (C=O) groups is 2. The van der Waals surface area contributed by atoms with Gasteiger partial charge in [0.25, 0.3) is 5.91 Å². The summed E-state index contributed by atoms with van der Waals surface area (Å²) in [5.41, 5.74) is 0.0914. The minimum absolute atomic E-state index is 0.0914. The Morgan fingerprint density at radius 2 is 2.19 bits per heavy atom. The highest BCUT2D eigenvalue weighted by molar-refractivity contribution is 6.29. The molecule has 1 rings (SSSR count). The number of hydrogen-bond acceptors (Lipinski definition) is 5. The van der Waals surface area contributed by atoms with Crippen molar-refractivity contribution in [1.29, 1.82) is 0 Å². The third-order valence-corrected chi connectivity index (χ3v) is 1.76. The first kappa shape index (κ1) is 12.4. The average molecular weight is 244 g/mol. The molecule has 0 saturated carbocycles. The first-order valence-corrected chi connectivity index (χ1v) is 4.94. The van der Waals surface area contributed by atoms with E-state index in [9.17, 15) is 9.59 Å². The fourth-order valence-electron chi connectivity index (χ4n) is 0.892. The summed E-state index contributed by atoms with van der Waals surface area (Å²) >= 11 is 5.51. The Labute approximate surface area is 97.0 Å². The van der Waals surface area contributed by atoms with Gasteiger partial charge >= 0.3 is 5.97 Å². The van der Waals surface area contributed by atoms with Crippen LogP contribution in [0.5, 0.6) is 0 Å². The van der Waals surface area contributed by atoms with Gasteiger partial charge in [0.15, 0.2) is 10.8 Å². The fourth-order valence-corrected chi connectivity index (χ4v) is 0.993. The highest BCUT2D eigenvalue weighted by Crippen LogP contribution is 2.01. The van der Waals surface area contributed by atoms with E-state index >= 15 is 0 Å². The molecule has 0 aliphatic carbocycles. The highest BCUT2D eigenvalue weighted by Gasteiger charge is 2.09. The van der Waals surface area contributed by atoms with Crippen molar-refractivity contribution >= 4 is 23.5 Å². The Morgan fingerprint density at radius 3 is 2.75 bits per heavy atom. The lowest BCUT2D eigenvalue weighted by atomic mass is 10.3. The van der Waals surface area contributed by atoms with Crippen LogP contribution in [-0.4, -0.2) is 35.2 Å². The molecular formula is C9H10ClN3O3. The lowest BCUT2D eigenvalue weighted by Gasteiger charge is -2.03. The molecule has 0 bridgehead atoms. The van der Waals surface area contributed by atoms with Crippen LogP contribution in [0, 0.1) is 0 Å². The number of esters is 1. The number of rotatable bonds is 4. The largest absolute Gasteiger partial charge is 0.465 e. The Hall–Kier alpha value is -1.69. The monoisotopic (exact) mass is 243 g/mol. The van der Waals surface area contributed by atoms with Gasteiger partial charge in [-0.15, -0.1) is 10.2 Å². The molecule has 0 aliphatic heterocycles. The van der Waals surface area contributed by atoms with E-state index in [0.29, 0.717) is 0 Å². The van der Waals surface area contributed by atoms with Crippen molar-refractivity contribution in [2.24, 2.45) is 0 Å². The molecule has 1 aromatic rings. The van der Waals surface area contributed by atoms with Crippen LogP contribution < -0.4 is 5.32 Å². The summed E-state index contributed by atoms with van der Waals surface area (Å²) in [5.74, 6) is -1.00. The van der Waals surface area contributed by atoms with Gasteiger partial charge in [-0.05, 0) is 19.1 Å². The topological polar surface area (TPSA) is 81.2 Å². The number of ether oxygens (including phenoxy) is 1. The minimum atomic E-state index is -0.503. The van der Waals surface area contributed by atoms with E-state index in [2.05, 4.69) is 20.3 Å². The van der Waals surface area contributed by atoms with Crippen molar-refractivity contribution in [3.63, 3.8) is 0 Å². The molecule has 0 aliphatic rings. The summed E-state index contributed by atoms with van der Waals surface area (Å²) in [6.45, 7) is 1.76. The van der Waals surface area contributed by atoms with Crippen molar-refractivity contribution in [2.45, 2.75) is 6.92 Å². The summed E-state index contributed by atoms with van der Waals surface area (Å²) in [6.07, 6.45) is 0. The second kappa shape index (κ2) is 6.02. The average Bonchev–Trinajstić information content (AvgIpc) is 2.27. The summed E-state index contributed by atoms with van der Waals surface area (Å²) in [6, 6.07) is 2.85. The van der Waals surface area contributed by atoms with Gasteiger partial charge in [0.1, 0.15) is 6.54 Å². The van der Waals surface area contributed by atoms with Crippen molar-refractivity contribution in [3.05, 3.63) is 23.0 Å². The summed E-state index contributed by atoms with van der Waals surface area (Å²) < 4.78 is 4.64. The van der Waals surface area contributed by atoms with Crippen molar-refractivity contribution in [2.75, 3.05) is 13.2 Å². The molecule has 7 heteroatoms. The molecule has 86 valence electrons. The van der Waals surface area contributed by atoms with Crippen LogP contribution in [0.4, 0.5) is 0 Å². The van der Waals surface area contributed by atoms with Gasteiger partial charge in [0.2, 0.25) is 0 Å². The Balaban J connectivity index is 2.47. The molecule has 0 atom stereocenters. The van der Waals surface area contributed by atoms with Gasteiger partial charge < -0.3 is 10.1 Å². The summed E-state index contributed by atoms with van der Waals surface area (Å²) in [5, 5.41) is 9.60. The molecule has 16 heavy (non-hydrogen) atoms. The zero-order chi connectivity index (χ0) is 12.0. The van der Waals surface area contributed by atoms with E-state index in [-0.39, 0.29) is 24.0 Å². The highest BCUT2D eigenvalue weighted by atomic mass is 35.5. The number of halogens is 1. The Bertz CT molecular complexity index is 380. The third kappa shape index (κ3) is 3.82. The molecule has 1 amide bonds. The van der Waals surface area contributed by atoms with E-state index in [1.165, 1.54) is 12.1 Å². The van der Waals surface area contributed by atoms with Crippen LogP contribution >= 0.6 is 11.6 Å². The van der Waals surface area contributed by atoms with Gasteiger partial charge in [-0.2, -0.15) is 0 Å². The second-order valence-electron chi connectivity index (χ2n) is 2.73. The normalized spacial score (nSPS) is 9.62. The molecule has 0 saturated heterocycles. The van der Waals surface area contributed by atoms with Crippen molar-refractivity contribution in [3.8, 4) is 0 Å². The van der Waals surface area contributed by atoms with E-state index in [1.807, 2.05) is 0 Å². The molecule has 1 N–H and O–H groups in total. The van der Waals surface area contributed by atoms with Gasteiger partial charge in [-0.3, -0.25) is 9.59 Å². The number of hydrogen-bond donors (Lipinski definition) is 1. The number of aromatic nitrogens is 2. The molecule has 0 spiro atoms. The standard InChI is InChI=1S/C9H10ClN3O3/c1-2-16-8(14)5-11-9(15)6-3-4-7(10)13-12-6/h3-4H,2,5H2,1H3,(H,11,15). The van der Waals surface area contributed by atoms with Crippen molar-refractivity contribution < 1.29 is 14.3 Å². The zero-order valence-corrected chi connectivity index (χ0v) is 9.32. The fraction of sp³-hybridized carbons (Fsp3) is 0.333. The lowest BCUT2D eigenvalue weighted by molar-refractivity contribution is -0.141. The molecule has 1 aromatic heterocycles. The van der Waals surface area contributed by atoms with E-state index in [0.717, 1.165) is 0 Å². The van der Waals surface area contributed by atoms with Crippen LogP contribution in [0.25, 0.3) is 0 Å². The van der Waals surface area contributed by atoms with Crippen LogP contribution in [0.1, 0.15) is 17.4 Å². The predicted molar refractivity (Wildman–Crippen MR) is 56.0 cm³/mol. The number of nitrogens with zero attached hydrogens (tertiary/aromatic N) is 2. The van der Waals surface area contributed by atoms with Crippen LogP contribution in [0.2, 0.25) is 5.15 Å². The summed E-state index contributed by atoms with van der Waals surface area (Å²) in [4.78, 5) is 22.3. The first-order chi connectivity index (χ1) is 7.63. The van der Waals surface area contributed by atoms with Crippen LogP contribution in [0.15, 0.2) is 12.1 Å². The Kier molecular flexibility index (Phi) is 4.65. The minimum Gasteiger partial charge on any atom is -0.465 e. The third-order valence-electron chi connectivity index (χ3n) is 1.56. The maximum atomic E-state index is 11.4. The van der Waals surface area contributed by atoms with Gasteiger partial charge in [-0.1, -0.05) is 11.6 Å². The van der Waals surface area contributed by atoms with Gasteiger partial charge in [0, 0.05) is 0 Å². The maximum absolute atomic E-state index is 11.4. The molecule has 1 heterocycles. The molecule has 0 radical (unpaired) electrons. The molecule has 0 unspecified atom stereocenters. The van der Waals surface area contributed by atoms with Crippen LogP contribution in [-0.2, 0) is 9.53 Å². The molecule has 0 aromatic carbocycles. The van der Waals surface area contributed by atoms with E-state index in [4.69, 9.17) is 11.6 Å². The Morgan fingerprint density at radius 1 is 1.44 bits per heavy atom. The number of amides is 1. The quantitative estimate of drug-likeness (QED) is 0.776. The van der Waals surface area contributed by atoms with Crippen molar-refractivity contribution in [1.82, 2.24) is 15.5 Å². The smallest absolute Gasteiger partial charge is 0.325 e. The SMILES string of the molecule is CCOC(=O)CNC(=O)c1ccc(Cl)nn1. The second-order valence-corrected chi connectivity index (χ2v) is 3.12. The summed E-state index contributed by atoms with van der Waals surface area (Å²) in [7, 11) is 0. The predicted octanol–water partition coefficient (Wildman–Crippen LogP) is 0.423. The van der Waals surface area contributed by atoms with Gasteiger partial charge in [0.05, 0.1) is 6.61 Å². The van der Waals surface area contributed by atoms with E-state index in [1.54, 1.807) is 6.92 Å². The van der Waals surface area contributed by atoms with E-state index < -0.39 is 11.9 Å².